The van der Waals surface area contributed by atoms with Crippen molar-refractivity contribution in [3.8, 4) is 11.3 Å². The molecular formula is C24H25ClFN7. The lowest BCUT2D eigenvalue weighted by Crippen LogP contribution is -2.52. The average Bonchev–Trinajstić information content (AvgIpc) is 3.28. The topological polar surface area (TPSA) is 71.8 Å². The van der Waals surface area contributed by atoms with E-state index in [1.54, 1.807) is 6.07 Å². The fraction of sp³-hybridized carbons (Fsp3) is 0.333. The van der Waals surface area contributed by atoms with Crippen molar-refractivity contribution in [1.82, 2.24) is 29.9 Å². The molecule has 0 saturated carbocycles. The van der Waals surface area contributed by atoms with Crippen LogP contribution >= 0.6 is 11.6 Å². The van der Waals surface area contributed by atoms with E-state index in [0.717, 1.165) is 35.2 Å². The van der Waals surface area contributed by atoms with Gasteiger partial charge in [0.1, 0.15) is 23.7 Å². The van der Waals surface area contributed by atoms with E-state index in [1.165, 1.54) is 31.3 Å². The summed E-state index contributed by atoms with van der Waals surface area (Å²) in [6, 6.07) is 11.4. The van der Waals surface area contributed by atoms with Crippen LogP contribution in [0.5, 0.6) is 0 Å². The van der Waals surface area contributed by atoms with E-state index in [4.69, 9.17) is 11.6 Å². The van der Waals surface area contributed by atoms with Gasteiger partial charge in [0.15, 0.2) is 0 Å². The van der Waals surface area contributed by atoms with E-state index >= 15 is 0 Å². The van der Waals surface area contributed by atoms with E-state index < -0.39 is 5.82 Å². The Bertz CT molecular complexity index is 1280. The lowest BCUT2D eigenvalue weighted by molar-refractivity contribution is 0.0481. The molecule has 1 saturated heterocycles. The molecule has 1 fully saturated rings. The van der Waals surface area contributed by atoms with Gasteiger partial charge in [0.25, 0.3) is 0 Å². The molecule has 33 heavy (non-hydrogen) atoms. The largest absolute Gasteiger partial charge is 0.340 e. The Morgan fingerprint density at radius 1 is 1.12 bits per heavy atom. The molecule has 0 amide bonds. The highest BCUT2D eigenvalue weighted by Gasteiger charge is 2.32. The van der Waals surface area contributed by atoms with E-state index in [1.807, 2.05) is 29.1 Å². The summed E-state index contributed by atoms with van der Waals surface area (Å²) in [5.41, 5.74) is 3.17. The summed E-state index contributed by atoms with van der Waals surface area (Å²) in [5.74, 6) is 0.145. The van der Waals surface area contributed by atoms with Crippen LogP contribution in [-0.2, 0) is 0 Å². The molecule has 1 aliphatic heterocycles. The first kappa shape index (κ1) is 21.7. The monoisotopic (exact) mass is 465 g/mol. The van der Waals surface area contributed by atoms with Gasteiger partial charge in [-0.25, -0.2) is 19.0 Å². The number of nitrogens with zero attached hydrogens (tertiary/aromatic N) is 6. The Kier molecular flexibility index (Phi) is 5.95. The summed E-state index contributed by atoms with van der Waals surface area (Å²) >= 11 is 5.92. The molecule has 4 aromatic rings. The maximum Gasteiger partial charge on any atom is 0.141 e. The van der Waals surface area contributed by atoms with Crippen LogP contribution in [0.15, 0.2) is 48.9 Å². The SMILES string of the molecule is CCC(CC)N1CC(n2cc(-c3ccc4ncnc(Nc5ccc(F)c(Cl)c5)c4c3)nn2)C1. The molecule has 7 nitrogen and oxygen atoms in total. The molecule has 9 heteroatoms. The van der Waals surface area contributed by atoms with E-state index in [0.29, 0.717) is 23.6 Å². The second-order valence-corrected chi connectivity index (χ2v) is 8.78. The fourth-order valence-corrected chi connectivity index (χ4v) is 4.55. The molecule has 1 N–H and O–H groups in total. The number of aromatic nitrogens is 5. The number of anilines is 2. The zero-order valence-electron chi connectivity index (χ0n) is 18.5. The van der Waals surface area contributed by atoms with Crippen molar-refractivity contribution in [2.75, 3.05) is 18.4 Å². The third-order valence-corrected chi connectivity index (χ3v) is 6.64. The van der Waals surface area contributed by atoms with Gasteiger partial charge < -0.3 is 5.32 Å². The first-order chi connectivity index (χ1) is 16.1. The molecule has 0 aliphatic carbocycles. The van der Waals surface area contributed by atoms with Crippen LogP contribution < -0.4 is 5.32 Å². The van der Waals surface area contributed by atoms with Crippen molar-refractivity contribution < 1.29 is 4.39 Å². The minimum absolute atomic E-state index is 0.0504. The van der Waals surface area contributed by atoms with Gasteiger partial charge in [-0.1, -0.05) is 36.7 Å². The summed E-state index contributed by atoms with van der Waals surface area (Å²) in [6.45, 7) is 6.50. The van der Waals surface area contributed by atoms with Gasteiger partial charge in [-0.2, -0.15) is 0 Å². The molecule has 0 unspecified atom stereocenters. The molecule has 170 valence electrons. The highest BCUT2D eigenvalue weighted by molar-refractivity contribution is 6.31. The molecule has 0 bridgehead atoms. The van der Waals surface area contributed by atoms with Crippen LogP contribution in [0.2, 0.25) is 5.02 Å². The van der Waals surface area contributed by atoms with Crippen molar-refractivity contribution >= 4 is 34.0 Å². The Balaban J connectivity index is 1.39. The van der Waals surface area contributed by atoms with Gasteiger partial charge >= 0.3 is 0 Å². The number of halogens is 2. The average molecular weight is 466 g/mol. The number of nitrogens with one attached hydrogen (secondary N) is 1. The summed E-state index contributed by atoms with van der Waals surface area (Å²) in [6.07, 6.45) is 5.84. The van der Waals surface area contributed by atoms with Crippen LogP contribution in [0.3, 0.4) is 0 Å². The highest BCUT2D eigenvalue weighted by Crippen LogP contribution is 2.30. The third kappa shape index (κ3) is 4.28. The fourth-order valence-electron chi connectivity index (χ4n) is 4.37. The van der Waals surface area contributed by atoms with Gasteiger partial charge in [-0.05, 0) is 43.2 Å². The third-order valence-electron chi connectivity index (χ3n) is 6.35. The van der Waals surface area contributed by atoms with Crippen LogP contribution in [-0.4, -0.2) is 49.0 Å². The normalized spacial score (nSPS) is 14.7. The van der Waals surface area contributed by atoms with Crippen molar-refractivity contribution in [3.63, 3.8) is 0 Å². The molecule has 0 radical (unpaired) electrons. The smallest absolute Gasteiger partial charge is 0.141 e. The van der Waals surface area contributed by atoms with Crippen molar-refractivity contribution in [1.29, 1.82) is 0 Å². The Labute approximate surface area is 196 Å². The molecule has 5 rings (SSSR count). The standard InChI is InChI=1S/C24H25ClFN7/c1-3-17(4-2)32-11-18(12-32)33-13-23(30-31-33)15-5-8-22-19(9-15)24(28-14-27-22)29-16-6-7-21(26)20(25)10-16/h5-10,13-14,17-18H,3-4,11-12H2,1-2H3,(H,27,28,29). The van der Waals surface area contributed by atoms with E-state index in [-0.39, 0.29) is 5.02 Å². The van der Waals surface area contributed by atoms with Gasteiger partial charge in [-0.3, -0.25) is 4.90 Å². The van der Waals surface area contributed by atoms with Gasteiger partial charge in [0.2, 0.25) is 0 Å². The second-order valence-electron chi connectivity index (χ2n) is 8.37. The number of likely N-dealkylation sites (tertiary alicyclic amines) is 1. The summed E-state index contributed by atoms with van der Waals surface area (Å²) in [7, 11) is 0. The maximum absolute atomic E-state index is 13.5. The molecule has 0 atom stereocenters. The van der Waals surface area contributed by atoms with Crippen molar-refractivity contribution in [2.24, 2.45) is 0 Å². The predicted octanol–water partition coefficient (Wildman–Crippen LogP) is 5.47. The number of fused-ring (bicyclic) bond motifs is 1. The molecule has 1 aliphatic rings. The first-order valence-corrected chi connectivity index (χ1v) is 11.6. The van der Waals surface area contributed by atoms with Crippen molar-refractivity contribution in [3.05, 3.63) is 59.8 Å². The first-order valence-electron chi connectivity index (χ1n) is 11.2. The number of benzene rings is 2. The lowest BCUT2D eigenvalue weighted by Gasteiger charge is -2.43. The highest BCUT2D eigenvalue weighted by atomic mass is 35.5. The van der Waals surface area contributed by atoms with Crippen LogP contribution in [0, 0.1) is 5.82 Å². The molecule has 2 aromatic carbocycles. The lowest BCUT2D eigenvalue weighted by atomic mass is 10.0. The van der Waals surface area contributed by atoms with Crippen LogP contribution in [0.1, 0.15) is 32.7 Å². The summed E-state index contributed by atoms with van der Waals surface area (Å²) in [5, 5.41) is 12.9. The number of hydrogen-bond donors (Lipinski definition) is 1. The van der Waals surface area contributed by atoms with Crippen LogP contribution in [0.25, 0.3) is 22.2 Å². The van der Waals surface area contributed by atoms with Crippen molar-refractivity contribution in [2.45, 2.75) is 38.8 Å². The molecule has 2 aromatic heterocycles. The second kappa shape index (κ2) is 9.03. The minimum Gasteiger partial charge on any atom is -0.340 e. The number of hydrogen-bond acceptors (Lipinski definition) is 6. The summed E-state index contributed by atoms with van der Waals surface area (Å²) in [4.78, 5) is 11.3. The van der Waals surface area contributed by atoms with E-state index in [2.05, 4.69) is 44.3 Å². The minimum atomic E-state index is -0.463. The quantitative estimate of drug-likeness (QED) is 0.390. The zero-order valence-corrected chi connectivity index (χ0v) is 19.3. The Morgan fingerprint density at radius 2 is 1.94 bits per heavy atom. The Morgan fingerprint density at radius 3 is 2.70 bits per heavy atom. The van der Waals surface area contributed by atoms with Gasteiger partial charge in [0.05, 0.1) is 22.8 Å². The number of rotatable bonds is 7. The molecular weight excluding hydrogens is 441 g/mol. The Hall–Kier alpha value is -3.10. The maximum atomic E-state index is 13.5. The van der Waals surface area contributed by atoms with Gasteiger partial charge in [0, 0.05) is 35.8 Å². The van der Waals surface area contributed by atoms with Crippen LogP contribution in [0.4, 0.5) is 15.9 Å². The molecule has 3 heterocycles. The summed E-state index contributed by atoms with van der Waals surface area (Å²) < 4.78 is 15.5. The van der Waals surface area contributed by atoms with Gasteiger partial charge in [-0.15, -0.1) is 5.10 Å². The predicted molar refractivity (Wildman–Crippen MR) is 128 cm³/mol. The molecule has 0 spiro atoms. The zero-order chi connectivity index (χ0) is 22.9. The van der Waals surface area contributed by atoms with E-state index in [9.17, 15) is 4.39 Å².